The number of benzene rings is 3. The third kappa shape index (κ3) is 5.76. The number of methoxy groups -OCH3 is 1. The lowest BCUT2D eigenvalue weighted by atomic mass is 10.0. The van der Waals surface area contributed by atoms with Crippen molar-refractivity contribution < 1.29 is 38.1 Å². The Morgan fingerprint density at radius 2 is 1.65 bits per heavy atom. The van der Waals surface area contributed by atoms with E-state index >= 15 is 0 Å². The molecule has 3 aliphatic heterocycles. The number of rotatable bonds is 7. The first-order chi connectivity index (χ1) is 20.9. The van der Waals surface area contributed by atoms with Gasteiger partial charge in [0.05, 0.1) is 37.3 Å². The highest BCUT2D eigenvalue weighted by molar-refractivity contribution is 6.09. The predicted octanol–water partition coefficient (Wildman–Crippen LogP) is 4.70. The maximum absolute atomic E-state index is 14.0. The molecule has 1 unspecified atom stereocenters. The van der Waals surface area contributed by atoms with Gasteiger partial charge in [0, 0.05) is 25.8 Å². The van der Waals surface area contributed by atoms with Crippen LogP contribution in [0.2, 0.25) is 0 Å². The number of nitrogens with one attached hydrogen (secondary N) is 1. The van der Waals surface area contributed by atoms with E-state index in [1.165, 1.54) is 16.9 Å². The summed E-state index contributed by atoms with van der Waals surface area (Å²) in [7, 11) is 1.28. The van der Waals surface area contributed by atoms with Crippen LogP contribution >= 0.6 is 0 Å². The van der Waals surface area contributed by atoms with Crippen LogP contribution in [0.5, 0.6) is 17.2 Å². The smallest absolute Gasteiger partial charge is 0.418 e. The number of nitrogens with zero attached hydrogens (tertiary/aromatic N) is 2. The van der Waals surface area contributed by atoms with Gasteiger partial charge < -0.3 is 23.8 Å². The van der Waals surface area contributed by atoms with Gasteiger partial charge in [-0.15, -0.1) is 0 Å². The zero-order chi connectivity index (χ0) is 29.9. The Labute approximate surface area is 248 Å². The zero-order valence-corrected chi connectivity index (χ0v) is 23.6. The first-order valence-corrected chi connectivity index (χ1v) is 14.2. The van der Waals surface area contributed by atoms with E-state index in [-0.39, 0.29) is 42.7 Å². The Kier molecular flexibility index (Phi) is 7.97. The number of carbonyl (C=O) groups is 4. The zero-order valence-electron chi connectivity index (χ0n) is 23.6. The summed E-state index contributed by atoms with van der Waals surface area (Å²) in [5.41, 5.74) is 1.74. The van der Waals surface area contributed by atoms with Gasteiger partial charge in [0.1, 0.15) is 23.6 Å². The largest absolute Gasteiger partial charge is 0.487 e. The van der Waals surface area contributed by atoms with E-state index in [1.807, 2.05) is 30.3 Å². The summed E-state index contributed by atoms with van der Waals surface area (Å²) >= 11 is 0. The van der Waals surface area contributed by atoms with Crippen molar-refractivity contribution >= 4 is 35.2 Å². The Morgan fingerprint density at radius 3 is 2.35 bits per heavy atom. The molecule has 2 fully saturated rings. The first-order valence-electron chi connectivity index (χ1n) is 14.2. The minimum Gasteiger partial charge on any atom is -0.487 e. The number of amides is 4. The number of para-hydroxylation sites is 1. The van der Waals surface area contributed by atoms with Gasteiger partial charge in [-0.2, -0.15) is 0 Å². The van der Waals surface area contributed by atoms with Crippen molar-refractivity contribution in [1.29, 1.82) is 0 Å². The van der Waals surface area contributed by atoms with Crippen LogP contribution in [0.25, 0.3) is 0 Å². The van der Waals surface area contributed by atoms with Gasteiger partial charge in [0.15, 0.2) is 5.75 Å². The Balaban J connectivity index is 1.38. The molecule has 3 aromatic rings. The highest BCUT2D eigenvalue weighted by atomic mass is 16.5. The third-order valence-electron chi connectivity index (χ3n) is 7.75. The Morgan fingerprint density at radius 1 is 0.930 bits per heavy atom. The first kappa shape index (κ1) is 28.2. The van der Waals surface area contributed by atoms with Crippen molar-refractivity contribution in [2.24, 2.45) is 0 Å². The molecular weight excluding hydrogens is 554 g/mol. The van der Waals surface area contributed by atoms with Crippen LogP contribution in [0.4, 0.5) is 16.2 Å². The van der Waals surface area contributed by atoms with Gasteiger partial charge >= 0.3 is 6.09 Å². The summed E-state index contributed by atoms with van der Waals surface area (Å²) in [6, 6.07) is 18.9. The minimum absolute atomic E-state index is 0.146. The molecule has 0 spiro atoms. The van der Waals surface area contributed by atoms with Gasteiger partial charge in [-0.05, 0) is 54.4 Å². The Hall–Kier alpha value is -4.90. The molecule has 0 radical (unpaired) electrons. The number of hydrogen-bond donors (Lipinski definition) is 1. The SMILES string of the molecule is COC(=O)N(c1ccc(Oc2ccccc2)cc1)c1ccc2c(c1OC1CCOCC1)C(=O)N(C1CCC(=O)NC1=O)C2. The van der Waals surface area contributed by atoms with Crippen molar-refractivity contribution in [2.75, 3.05) is 25.2 Å². The molecule has 0 aromatic heterocycles. The van der Waals surface area contributed by atoms with Crippen LogP contribution < -0.4 is 19.7 Å². The predicted molar refractivity (Wildman–Crippen MR) is 154 cm³/mol. The molecule has 222 valence electrons. The molecule has 3 aromatic carbocycles. The van der Waals surface area contributed by atoms with Crippen LogP contribution in [0.15, 0.2) is 66.7 Å². The van der Waals surface area contributed by atoms with E-state index in [4.69, 9.17) is 18.9 Å². The van der Waals surface area contributed by atoms with E-state index in [1.54, 1.807) is 36.4 Å². The highest BCUT2D eigenvalue weighted by Crippen LogP contribution is 2.44. The third-order valence-corrected chi connectivity index (χ3v) is 7.75. The van der Waals surface area contributed by atoms with E-state index in [2.05, 4.69) is 5.32 Å². The average molecular weight is 586 g/mol. The van der Waals surface area contributed by atoms with Gasteiger partial charge in [-0.25, -0.2) is 9.69 Å². The summed E-state index contributed by atoms with van der Waals surface area (Å²) in [6.07, 6.45) is 0.668. The minimum atomic E-state index is -0.786. The molecule has 6 rings (SSSR count). The number of hydrogen-bond acceptors (Lipinski definition) is 8. The maximum Gasteiger partial charge on any atom is 0.418 e. The van der Waals surface area contributed by atoms with Crippen molar-refractivity contribution in [2.45, 2.75) is 44.4 Å². The number of imide groups is 1. The number of carbonyl (C=O) groups excluding carboxylic acids is 4. The lowest BCUT2D eigenvalue weighted by Gasteiger charge is -2.30. The second kappa shape index (κ2) is 12.1. The molecule has 1 N–H and O–H groups in total. The summed E-state index contributed by atoms with van der Waals surface area (Å²) in [4.78, 5) is 54.5. The fourth-order valence-electron chi connectivity index (χ4n) is 5.59. The quantitative estimate of drug-likeness (QED) is 0.396. The van der Waals surface area contributed by atoms with Crippen LogP contribution in [0.3, 0.4) is 0 Å². The Bertz CT molecular complexity index is 1540. The number of anilines is 2. The van der Waals surface area contributed by atoms with Crippen molar-refractivity contribution in [3.63, 3.8) is 0 Å². The molecule has 11 heteroatoms. The summed E-state index contributed by atoms with van der Waals surface area (Å²) in [6.45, 7) is 1.19. The van der Waals surface area contributed by atoms with Gasteiger partial charge in [-0.3, -0.25) is 19.7 Å². The topological polar surface area (TPSA) is 124 Å². The van der Waals surface area contributed by atoms with Crippen LogP contribution in [0.1, 0.15) is 41.6 Å². The number of piperidine rings is 1. The molecule has 4 amide bonds. The molecule has 3 aliphatic rings. The van der Waals surface area contributed by atoms with E-state index in [0.717, 1.165) is 0 Å². The molecular formula is C32H31N3O8. The number of fused-ring (bicyclic) bond motifs is 1. The molecule has 0 aliphatic carbocycles. The monoisotopic (exact) mass is 585 g/mol. The fraction of sp³-hybridized carbons (Fsp3) is 0.312. The van der Waals surface area contributed by atoms with Crippen LogP contribution in [-0.4, -0.2) is 61.2 Å². The molecule has 43 heavy (non-hydrogen) atoms. The number of ether oxygens (including phenoxy) is 4. The maximum atomic E-state index is 14.0. The average Bonchev–Trinajstić information content (AvgIpc) is 3.36. The standard InChI is InChI=1S/C32H31N3O8/c1-40-32(39)35(21-8-10-23(11-9-21)42-22-5-3-2-4-6-22)25-12-7-20-19-34(26-13-14-27(36)33-30(26)37)31(38)28(20)29(25)43-24-15-17-41-18-16-24/h2-12,24,26H,13-19H2,1H3,(H,33,36,37). The van der Waals surface area contributed by atoms with Crippen molar-refractivity contribution in [3.05, 3.63) is 77.9 Å². The molecule has 11 nitrogen and oxygen atoms in total. The van der Waals surface area contributed by atoms with E-state index in [0.29, 0.717) is 54.5 Å². The van der Waals surface area contributed by atoms with Gasteiger partial charge in [-0.1, -0.05) is 24.3 Å². The summed E-state index contributed by atoms with van der Waals surface area (Å²) in [5, 5.41) is 2.33. The normalized spacial score (nSPS) is 18.6. The molecule has 0 saturated carbocycles. The van der Waals surface area contributed by atoms with E-state index < -0.39 is 23.9 Å². The van der Waals surface area contributed by atoms with E-state index in [9.17, 15) is 19.2 Å². The highest BCUT2D eigenvalue weighted by Gasteiger charge is 2.42. The summed E-state index contributed by atoms with van der Waals surface area (Å²) in [5.74, 6) is 0.222. The molecule has 3 heterocycles. The molecule has 2 saturated heterocycles. The lowest BCUT2D eigenvalue weighted by molar-refractivity contribution is -0.136. The van der Waals surface area contributed by atoms with Crippen LogP contribution in [0, 0.1) is 0 Å². The molecule has 1 atom stereocenters. The second-order valence-electron chi connectivity index (χ2n) is 10.5. The van der Waals surface area contributed by atoms with Gasteiger partial charge in [0.2, 0.25) is 11.8 Å². The fourth-order valence-corrected chi connectivity index (χ4v) is 5.59. The lowest BCUT2D eigenvalue weighted by Crippen LogP contribution is -2.52. The second-order valence-corrected chi connectivity index (χ2v) is 10.5. The molecule has 0 bridgehead atoms. The van der Waals surface area contributed by atoms with Crippen LogP contribution in [-0.2, 0) is 25.6 Å². The van der Waals surface area contributed by atoms with Crippen molar-refractivity contribution in [3.8, 4) is 17.2 Å². The van der Waals surface area contributed by atoms with Crippen molar-refractivity contribution in [1.82, 2.24) is 10.2 Å². The van der Waals surface area contributed by atoms with Gasteiger partial charge in [0.25, 0.3) is 5.91 Å². The summed E-state index contributed by atoms with van der Waals surface area (Å²) < 4.78 is 23.1.